The molecule has 5 atom stereocenters. The molecule has 0 radical (unpaired) electrons. The topological polar surface area (TPSA) is 26.3 Å². The first-order valence-corrected chi connectivity index (χ1v) is 9.23. The highest BCUT2D eigenvalue weighted by Gasteiger charge is 2.58. The molecular formula is C21H32O2. The minimum Gasteiger partial charge on any atom is -0.469 e. The normalized spacial score (nSPS) is 46.2. The Bertz CT molecular complexity index is 548. The largest absolute Gasteiger partial charge is 0.469 e. The Labute approximate surface area is 141 Å². The van der Waals surface area contributed by atoms with Crippen LogP contribution < -0.4 is 0 Å². The molecule has 0 heterocycles. The number of carbonyl (C=O) groups excluding carboxylic acids is 1. The first kappa shape index (κ1) is 16.8. The summed E-state index contributed by atoms with van der Waals surface area (Å²) in [6, 6.07) is 0. The van der Waals surface area contributed by atoms with E-state index in [9.17, 15) is 4.79 Å². The van der Waals surface area contributed by atoms with Crippen molar-refractivity contribution in [2.75, 3.05) is 7.11 Å². The molecule has 0 aromatic carbocycles. The maximum absolute atomic E-state index is 12.5. The van der Waals surface area contributed by atoms with Gasteiger partial charge in [0.15, 0.2) is 0 Å². The molecule has 0 bridgehead atoms. The third-order valence-corrected chi connectivity index (χ3v) is 7.55. The van der Waals surface area contributed by atoms with Gasteiger partial charge in [0.25, 0.3) is 0 Å². The summed E-state index contributed by atoms with van der Waals surface area (Å²) in [6.45, 7) is 11.0. The number of hydrogen-bond acceptors (Lipinski definition) is 2. The quantitative estimate of drug-likeness (QED) is 0.511. The summed E-state index contributed by atoms with van der Waals surface area (Å²) in [5.41, 5.74) is 1.74. The lowest BCUT2D eigenvalue weighted by molar-refractivity contribution is -0.168. The average molecular weight is 316 g/mol. The van der Waals surface area contributed by atoms with E-state index in [0.717, 1.165) is 25.7 Å². The summed E-state index contributed by atoms with van der Waals surface area (Å²) in [5, 5.41) is 0. The van der Waals surface area contributed by atoms with Crippen LogP contribution in [0.4, 0.5) is 0 Å². The minimum absolute atomic E-state index is 0.00703. The molecule has 3 aliphatic carbocycles. The number of fused-ring (bicyclic) bond motifs is 3. The zero-order chi connectivity index (χ0) is 16.9. The first-order chi connectivity index (χ1) is 10.8. The van der Waals surface area contributed by atoms with Crippen LogP contribution in [0.2, 0.25) is 0 Å². The molecule has 0 saturated heterocycles. The van der Waals surface area contributed by atoms with Crippen molar-refractivity contribution >= 4 is 5.97 Å². The van der Waals surface area contributed by atoms with Crippen molar-refractivity contribution < 1.29 is 9.53 Å². The molecule has 2 saturated carbocycles. The van der Waals surface area contributed by atoms with Gasteiger partial charge >= 0.3 is 5.97 Å². The van der Waals surface area contributed by atoms with Gasteiger partial charge in [0.05, 0.1) is 12.5 Å². The van der Waals surface area contributed by atoms with Crippen LogP contribution in [0.15, 0.2) is 24.3 Å². The van der Waals surface area contributed by atoms with Crippen LogP contribution in [0, 0.1) is 28.1 Å². The summed E-state index contributed by atoms with van der Waals surface area (Å²) in [5.74, 6) is 1.09. The molecule has 3 rings (SSSR count). The van der Waals surface area contributed by atoms with Crippen LogP contribution >= 0.6 is 0 Å². The fourth-order valence-electron chi connectivity index (χ4n) is 6.16. The Kier molecular flexibility index (Phi) is 4.01. The second kappa shape index (κ2) is 5.50. The Balaban J connectivity index is 1.98. The van der Waals surface area contributed by atoms with Gasteiger partial charge < -0.3 is 4.74 Å². The molecule has 0 aliphatic heterocycles. The van der Waals surface area contributed by atoms with Crippen molar-refractivity contribution in [2.24, 2.45) is 28.1 Å². The zero-order valence-electron chi connectivity index (χ0n) is 15.3. The van der Waals surface area contributed by atoms with Gasteiger partial charge in [0.2, 0.25) is 0 Å². The molecule has 0 amide bonds. The highest BCUT2D eigenvalue weighted by Crippen LogP contribution is 2.64. The van der Waals surface area contributed by atoms with Gasteiger partial charge in [-0.3, -0.25) is 4.79 Å². The lowest BCUT2D eigenvalue weighted by atomic mass is 9.45. The third kappa shape index (κ3) is 2.40. The minimum atomic E-state index is -0.299. The molecule has 3 aliphatic rings. The summed E-state index contributed by atoms with van der Waals surface area (Å²) in [6.07, 6.45) is 12.7. The van der Waals surface area contributed by atoms with Crippen LogP contribution in [0.1, 0.15) is 65.7 Å². The van der Waals surface area contributed by atoms with E-state index in [1.165, 1.54) is 19.3 Å². The van der Waals surface area contributed by atoms with Crippen LogP contribution in [0.3, 0.4) is 0 Å². The Morgan fingerprint density at radius 3 is 2.65 bits per heavy atom. The molecule has 2 fully saturated rings. The summed E-state index contributed by atoms with van der Waals surface area (Å²) in [4.78, 5) is 12.5. The van der Waals surface area contributed by atoms with E-state index in [1.54, 1.807) is 12.7 Å². The fraction of sp³-hybridized carbons (Fsp3) is 0.762. The number of allylic oxidation sites excluding steroid dienone is 3. The molecule has 2 heteroatoms. The Morgan fingerprint density at radius 1 is 1.26 bits per heavy atom. The molecule has 128 valence electrons. The number of ether oxygens (including phenoxy) is 1. The molecule has 0 N–H and O–H groups in total. The molecule has 0 aromatic heterocycles. The maximum Gasteiger partial charge on any atom is 0.311 e. The Hall–Kier alpha value is -1.05. The molecule has 0 aromatic rings. The summed E-state index contributed by atoms with van der Waals surface area (Å²) >= 11 is 0. The van der Waals surface area contributed by atoms with Gasteiger partial charge in [-0.15, -0.1) is 6.58 Å². The number of rotatable bonds is 2. The number of methoxy groups -OCH3 is 1. The second-order valence-electron chi connectivity index (χ2n) is 8.88. The number of hydrogen-bond donors (Lipinski definition) is 0. The second-order valence-corrected chi connectivity index (χ2v) is 8.88. The van der Waals surface area contributed by atoms with Gasteiger partial charge in [-0.25, -0.2) is 0 Å². The molecule has 23 heavy (non-hydrogen) atoms. The van der Waals surface area contributed by atoms with Crippen molar-refractivity contribution in [3.05, 3.63) is 24.3 Å². The highest BCUT2D eigenvalue weighted by molar-refractivity contribution is 5.77. The van der Waals surface area contributed by atoms with Gasteiger partial charge in [-0.1, -0.05) is 38.0 Å². The van der Waals surface area contributed by atoms with Gasteiger partial charge in [0, 0.05) is 5.41 Å². The van der Waals surface area contributed by atoms with E-state index in [2.05, 4.69) is 39.5 Å². The Morgan fingerprint density at radius 2 is 2.00 bits per heavy atom. The zero-order valence-corrected chi connectivity index (χ0v) is 15.3. The van der Waals surface area contributed by atoms with Crippen molar-refractivity contribution in [2.45, 2.75) is 65.7 Å². The van der Waals surface area contributed by atoms with Gasteiger partial charge in [-0.05, 0) is 62.7 Å². The van der Waals surface area contributed by atoms with Gasteiger partial charge in [-0.2, -0.15) is 0 Å². The molecule has 0 spiro atoms. The summed E-state index contributed by atoms with van der Waals surface area (Å²) < 4.78 is 5.21. The van der Waals surface area contributed by atoms with Crippen LogP contribution in [-0.4, -0.2) is 13.1 Å². The van der Waals surface area contributed by atoms with Crippen molar-refractivity contribution in [1.82, 2.24) is 0 Å². The molecule has 3 unspecified atom stereocenters. The lowest BCUT2D eigenvalue weighted by Gasteiger charge is -2.59. The monoisotopic (exact) mass is 316 g/mol. The summed E-state index contributed by atoms with van der Waals surface area (Å²) in [7, 11) is 1.55. The number of carbonyl (C=O) groups is 1. The van der Waals surface area contributed by atoms with Crippen LogP contribution in [0.25, 0.3) is 0 Å². The van der Waals surface area contributed by atoms with Crippen molar-refractivity contribution in [3.63, 3.8) is 0 Å². The molecule has 2 nitrogen and oxygen atoms in total. The standard InChI is InChI=1S/C21H32O2/c1-6-19(2)13-10-16-15(14-19)8-9-17-20(16,3)11-7-12-21(17,4)18(22)23-5/h6,14,16-17H,1,7-13H2,2-5H3/t16?,17?,19?,20-,21-/m1/s1. The van der Waals surface area contributed by atoms with Crippen LogP contribution in [0.5, 0.6) is 0 Å². The number of esters is 1. The van der Waals surface area contributed by atoms with E-state index >= 15 is 0 Å². The predicted octanol–water partition coefficient (Wildman–Crippen LogP) is 5.29. The fourth-order valence-corrected chi connectivity index (χ4v) is 6.16. The van der Waals surface area contributed by atoms with E-state index in [4.69, 9.17) is 4.74 Å². The van der Waals surface area contributed by atoms with Crippen molar-refractivity contribution in [1.29, 1.82) is 0 Å². The smallest absolute Gasteiger partial charge is 0.311 e. The maximum atomic E-state index is 12.5. The SMILES string of the molecule is C=CC1(C)C=C2CCC3[C@](C)(CCC[C@@]3(C)C(=O)OC)C2CC1. The average Bonchev–Trinajstić information content (AvgIpc) is 2.53. The van der Waals surface area contributed by atoms with E-state index in [-0.39, 0.29) is 22.2 Å². The van der Waals surface area contributed by atoms with Crippen molar-refractivity contribution in [3.8, 4) is 0 Å². The predicted molar refractivity (Wildman–Crippen MR) is 93.9 cm³/mol. The lowest BCUT2D eigenvalue weighted by Crippen LogP contribution is -2.54. The third-order valence-electron chi connectivity index (χ3n) is 7.55. The molecular weight excluding hydrogens is 284 g/mol. The van der Waals surface area contributed by atoms with E-state index < -0.39 is 0 Å². The van der Waals surface area contributed by atoms with Crippen LogP contribution in [-0.2, 0) is 9.53 Å². The highest BCUT2D eigenvalue weighted by atomic mass is 16.5. The van der Waals surface area contributed by atoms with Gasteiger partial charge in [0.1, 0.15) is 0 Å². The van der Waals surface area contributed by atoms with E-state index in [0.29, 0.717) is 11.8 Å². The first-order valence-electron chi connectivity index (χ1n) is 9.23. The van der Waals surface area contributed by atoms with E-state index in [1.807, 2.05) is 0 Å².